The van der Waals surface area contributed by atoms with Crippen LogP contribution >= 0.6 is 0 Å². The van der Waals surface area contributed by atoms with Gasteiger partial charge in [-0.2, -0.15) is 0 Å². The van der Waals surface area contributed by atoms with E-state index >= 15 is 0 Å². The van der Waals surface area contributed by atoms with Crippen LogP contribution in [0.4, 0.5) is 11.4 Å². The molecule has 0 saturated heterocycles. The van der Waals surface area contributed by atoms with E-state index in [9.17, 15) is 0 Å². The van der Waals surface area contributed by atoms with E-state index in [0.29, 0.717) is 0 Å². The van der Waals surface area contributed by atoms with Crippen molar-refractivity contribution in [3.8, 4) is 0 Å². The van der Waals surface area contributed by atoms with Gasteiger partial charge in [-0.15, -0.1) is 0 Å². The zero-order valence-corrected chi connectivity index (χ0v) is 8.28. The maximum absolute atomic E-state index is 5.56. The molecule has 3 heteroatoms. The first-order chi connectivity index (χ1) is 6.09. The van der Waals surface area contributed by atoms with Gasteiger partial charge in [0.1, 0.15) is 5.84 Å². The van der Waals surface area contributed by atoms with Gasteiger partial charge < -0.3 is 10.6 Å². The first-order valence-corrected chi connectivity index (χ1v) is 4.18. The molecule has 0 bridgehead atoms. The Bertz CT molecular complexity index is 298. The third-order valence-corrected chi connectivity index (χ3v) is 1.83. The van der Waals surface area contributed by atoms with Crippen molar-refractivity contribution < 1.29 is 0 Å². The summed E-state index contributed by atoms with van der Waals surface area (Å²) in [6.07, 6.45) is 0. The molecule has 13 heavy (non-hydrogen) atoms. The molecular formula is C10H15N3. The number of hydrogen-bond donors (Lipinski definition) is 1. The number of nitrogens with zero attached hydrogens (tertiary/aromatic N) is 2. The molecule has 0 spiro atoms. The lowest BCUT2D eigenvalue weighted by molar-refractivity contribution is 0.619. The van der Waals surface area contributed by atoms with E-state index in [1.807, 2.05) is 50.2 Å². The van der Waals surface area contributed by atoms with Crippen molar-refractivity contribution in [3.63, 3.8) is 0 Å². The molecule has 70 valence electrons. The minimum Gasteiger partial charge on any atom is -0.399 e. The highest BCUT2D eigenvalue weighted by atomic mass is 15.1. The fraction of sp³-hybridized carbons (Fsp3) is 0.300. The SMILES string of the molecule is CC(=Nc1ccc(N)cc1)N(C)C. The van der Waals surface area contributed by atoms with Crippen LogP contribution in [0.3, 0.4) is 0 Å². The summed E-state index contributed by atoms with van der Waals surface area (Å²) in [5, 5.41) is 0. The number of aliphatic imine (C=N–C) groups is 1. The lowest BCUT2D eigenvalue weighted by Gasteiger charge is -2.10. The Labute approximate surface area is 78.9 Å². The van der Waals surface area contributed by atoms with E-state index < -0.39 is 0 Å². The van der Waals surface area contributed by atoms with E-state index in [0.717, 1.165) is 17.2 Å². The second kappa shape index (κ2) is 3.94. The van der Waals surface area contributed by atoms with Crippen LogP contribution in [0.2, 0.25) is 0 Å². The minimum atomic E-state index is 0.765. The van der Waals surface area contributed by atoms with Crippen LogP contribution in [0, 0.1) is 0 Å². The number of nitrogen functional groups attached to an aromatic ring is 1. The number of amidine groups is 1. The molecule has 1 aromatic carbocycles. The third-order valence-electron chi connectivity index (χ3n) is 1.83. The van der Waals surface area contributed by atoms with Crippen molar-refractivity contribution >= 4 is 17.2 Å². The van der Waals surface area contributed by atoms with Crippen LogP contribution < -0.4 is 5.73 Å². The topological polar surface area (TPSA) is 41.6 Å². The Morgan fingerprint density at radius 2 is 1.77 bits per heavy atom. The van der Waals surface area contributed by atoms with Crippen molar-refractivity contribution in [1.29, 1.82) is 0 Å². The number of hydrogen-bond acceptors (Lipinski definition) is 2. The number of rotatable bonds is 1. The summed E-state index contributed by atoms with van der Waals surface area (Å²) in [6.45, 7) is 1.97. The van der Waals surface area contributed by atoms with Crippen molar-refractivity contribution in [1.82, 2.24) is 4.90 Å². The zero-order valence-electron chi connectivity index (χ0n) is 8.28. The first kappa shape index (κ1) is 9.58. The van der Waals surface area contributed by atoms with Crippen molar-refractivity contribution in [3.05, 3.63) is 24.3 Å². The average molecular weight is 177 g/mol. The molecule has 0 unspecified atom stereocenters. The Morgan fingerprint density at radius 1 is 1.23 bits per heavy atom. The van der Waals surface area contributed by atoms with E-state index in [-0.39, 0.29) is 0 Å². The molecule has 0 fully saturated rings. The molecule has 1 aromatic rings. The highest BCUT2D eigenvalue weighted by Gasteiger charge is 1.93. The van der Waals surface area contributed by atoms with Gasteiger partial charge in [-0.1, -0.05) is 0 Å². The van der Waals surface area contributed by atoms with Crippen LogP contribution in [0.25, 0.3) is 0 Å². The molecule has 0 atom stereocenters. The van der Waals surface area contributed by atoms with Gasteiger partial charge in [0.25, 0.3) is 0 Å². The van der Waals surface area contributed by atoms with E-state index in [1.165, 1.54) is 0 Å². The largest absolute Gasteiger partial charge is 0.399 e. The first-order valence-electron chi connectivity index (χ1n) is 4.18. The smallest absolute Gasteiger partial charge is 0.101 e. The minimum absolute atomic E-state index is 0.765. The second-order valence-corrected chi connectivity index (χ2v) is 3.14. The molecule has 0 aliphatic carbocycles. The summed E-state index contributed by atoms with van der Waals surface area (Å²) in [5.74, 6) is 0.977. The van der Waals surface area contributed by atoms with Crippen LogP contribution in [0.15, 0.2) is 29.3 Å². The van der Waals surface area contributed by atoms with Gasteiger partial charge in [0.05, 0.1) is 5.69 Å². The van der Waals surface area contributed by atoms with Crippen molar-refractivity contribution in [2.75, 3.05) is 19.8 Å². The predicted octanol–water partition coefficient (Wildman–Crippen LogP) is 1.88. The fourth-order valence-electron chi connectivity index (χ4n) is 0.836. The van der Waals surface area contributed by atoms with Crippen molar-refractivity contribution in [2.45, 2.75) is 6.92 Å². The van der Waals surface area contributed by atoms with Gasteiger partial charge >= 0.3 is 0 Å². The molecule has 0 aliphatic heterocycles. The lowest BCUT2D eigenvalue weighted by atomic mass is 10.3. The molecule has 0 saturated carbocycles. The van der Waals surface area contributed by atoms with E-state index in [4.69, 9.17) is 5.73 Å². The molecule has 2 N–H and O–H groups in total. The molecule has 0 aliphatic rings. The number of benzene rings is 1. The van der Waals surface area contributed by atoms with Crippen LogP contribution in [-0.4, -0.2) is 24.8 Å². The lowest BCUT2D eigenvalue weighted by Crippen LogP contribution is -2.17. The summed E-state index contributed by atoms with van der Waals surface area (Å²) in [4.78, 5) is 6.36. The molecule has 0 radical (unpaired) electrons. The predicted molar refractivity (Wildman–Crippen MR) is 57.3 cm³/mol. The quantitative estimate of drug-likeness (QED) is 0.404. The summed E-state index contributed by atoms with van der Waals surface area (Å²) in [5.41, 5.74) is 7.25. The summed E-state index contributed by atoms with van der Waals surface area (Å²) in [7, 11) is 3.94. The third kappa shape index (κ3) is 2.78. The van der Waals surface area contributed by atoms with Gasteiger partial charge in [0.2, 0.25) is 0 Å². The maximum atomic E-state index is 5.56. The van der Waals surface area contributed by atoms with Gasteiger partial charge in [0.15, 0.2) is 0 Å². The monoisotopic (exact) mass is 177 g/mol. The molecular weight excluding hydrogens is 162 g/mol. The Kier molecular flexibility index (Phi) is 2.90. The van der Waals surface area contributed by atoms with Gasteiger partial charge in [0, 0.05) is 19.8 Å². The molecule has 1 rings (SSSR count). The highest BCUT2D eigenvalue weighted by molar-refractivity contribution is 5.82. The van der Waals surface area contributed by atoms with E-state index in [1.54, 1.807) is 0 Å². The molecule has 0 aromatic heterocycles. The zero-order chi connectivity index (χ0) is 9.84. The van der Waals surface area contributed by atoms with Gasteiger partial charge in [-0.3, -0.25) is 0 Å². The summed E-state index contributed by atoms with van der Waals surface area (Å²) in [6, 6.07) is 7.51. The Balaban J connectivity index is 2.85. The van der Waals surface area contributed by atoms with Crippen LogP contribution in [0.1, 0.15) is 6.92 Å². The molecule has 0 amide bonds. The molecule has 3 nitrogen and oxygen atoms in total. The second-order valence-electron chi connectivity index (χ2n) is 3.14. The Morgan fingerprint density at radius 3 is 2.23 bits per heavy atom. The standard InChI is InChI=1S/C10H15N3/c1-8(13(2)3)12-10-6-4-9(11)5-7-10/h4-7H,11H2,1-3H3. The summed E-state index contributed by atoms with van der Waals surface area (Å²) >= 11 is 0. The average Bonchev–Trinajstić information content (AvgIpc) is 2.08. The van der Waals surface area contributed by atoms with Gasteiger partial charge in [-0.05, 0) is 31.2 Å². The Hall–Kier alpha value is -1.51. The normalized spacial score (nSPS) is 11.5. The van der Waals surface area contributed by atoms with Crippen LogP contribution in [0.5, 0.6) is 0 Å². The number of nitrogens with two attached hydrogens (primary N) is 1. The summed E-state index contributed by atoms with van der Waals surface area (Å²) < 4.78 is 0. The maximum Gasteiger partial charge on any atom is 0.101 e. The molecule has 0 heterocycles. The van der Waals surface area contributed by atoms with Gasteiger partial charge in [-0.25, -0.2) is 4.99 Å². The number of anilines is 1. The van der Waals surface area contributed by atoms with E-state index in [2.05, 4.69) is 4.99 Å². The van der Waals surface area contributed by atoms with Crippen LogP contribution in [-0.2, 0) is 0 Å². The van der Waals surface area contributed by atoms with Crippen molar-refractivity contribution in [2.24, 2.45) is 4.99 Å². The highest BCUT2D eigenvalue weighted by Crippen LogP contribution is 2.14. The fourth-order valence-corrected chi connectivity index (χ4v) is 0.836.